The van der Waals surface area contributed by atoms with Crippen molar-refractivity contribution in [1.82, 2.24) is 14.5 Å². The molecule has 41 heavy (non-hydrogen) atoms. The zero-order valence-corrected chi connectivity index (χ0v) is 23.0. The van der Waals surface area contributed by atoms with Crippen molar-refractivity contribution < 1.29 is 28.8 Å². The van der Waals surface area contributed by atoms with E-state index in [1.54, 1.807) is 18.2 Å². The zero-order chi connectivity index (χ0) is 28.1. The van der Waals surface area contributed by atoms with E-state index < -0.39 is 11.8 Å². The maximum absolute atomic E-state index is 11.6. The number of hydrogen-bond donors (Lipinski definition) is 1. The highest BCUT2D eigenvalue weighted by molar-refractivity contribution is 5.92. The van der Waals surface area contributed by atoms with Crippen molar-refractivity contribution >= 4 is 22.6 Å². The summed E-state index contributed by atoms with van der Waals surface area (Å²) in [5.41, 5.74) is 5.62. The van der Waals surface area contributed by atoms with Gasteiger partial charge in [0.15, 0.2) is 11.5 Å². The number of hydrogen-bond acceptors (Lipinski definition) is 7. The van der Waals surface area contributed by atoms with Crippen LogP contribution in [0.3, 0.4) is 0 Å². The molecule has 5 heterocycles. The minimum Gasteiger partial charge on any atom is -0.478 e. The average Bonchev–Trinajstić information content (AvgIpc) is 3.47. The number of pyridine rings is 1. The van der Waals surface area contributed by atoms with Crippen LogP contribution in [-0.4, -0.2) is 51.0 Å². The Bertz CT molecular complexity index is 1670. The van der Waals surface area contributed by atoms with Crippen LogP contribution in [0.15, 0.2) is 60.8 Å². The molecule has 9 heteroatoms. The van der Waals surface area contributed by atoms with Crippen LogP contribution in [0, 0.1) is 6.92 Å². The molecular formula is C32H31N3O6. The summed E-state index contributed by atoms with van der Waals surface area (Å²) in [6, 6.07) is 14.9. The van der Waals surface area contributed by atoms with Gasteiger partial charge in [0.25, 0.3) is 5.79 Å². The van der Waals surface area contributed by atoms with Gasteiger partial charge in [-0.1, -0.05) is 24.3 Å². The van der Waals surface area contributed by atoms with Gasteiger partial charge in [0.05, 0.1) is 42.0 Å². The molecule has 0 spiro atoms. The number of aryl methyl sites for hydroxylation is 1. The van der Waals surface area contributed by atoms with Gasteiger partial charge in [-0.25, -0.2) is 9.78 Å². The SMILES string of the molecule is Cc1ccc([C@]2(C)Oc3cccc(C4=CCC(Cc5nc6ccc(C(=O)O)cc6n5C[C@@H]5CCO5)OC4)c3O2)nc1. The fourth-order valence-corrected chi connectivity index (χ4v) is 5.66. The molecule has 2 aromatic heterocycles. The number of benzene rings is 2. The Labute approximate surface area is 237 Å². The molecule has 0 radical (unpaired) electrons. The summed E-state index contributed by atoms with van der Waals surface area (Å²) < 4.78 is 26.8. The molecule has 1 fully saturated rings. The molecule has 1 saturated heterocycles. The Kier molecular flexibility index (Phi) is 6.28. The summed E-state index contributed by atoms with van der Waals surface area (Å²) in [5, 5.41) is 9.52. The summed E-state index contributed by atoms with van der Waals surface area (Å²) >= 11 is 0. The van der Waals surface area contributed by atoms with E-state index in [0.717, 1.165) is 46.6 Å². The molecule has 1 unspecified atom stereocenters. The molecule has 0 bridgehead atoms. The van der Waals surface area contributed by atoms with Gasteiger partial charge < -0.3 is 28.6 Å². The normalized spacial score (nSPS) is 23.3. The van der Waals surface area contributed by atoms with Crippen molar-refractivity contribution in [3.8, 4) is 11.5 Å². The summed E-state index contributed by atoms with van der Waals surface area (Å²) in [7, 11) is 0. The Hall–Kier alpha value is -4.21. The smallest absolute Gasteiger partial charge is 0.335 e. The maximum atomic E-state index is 11.6. The second-order valence-electron chi connectivity index (χ2n) is 11.0. The number of carboxylic acid groups (broad SMARTS) is 1. The Morgan fingerprint density at radius 2 is 2.00 bits per heavy atom. The van der Waals surface area contributed by atoms with Crippen LogP contribution in [0.2, 0.25) is 0 Å². The molecule has 3 atom stereocenters. The lowest BCUT2D eigenvalue weighted by molar-refractivity contribution is -0.0719. The number of carboxylic acids is 1. The lowest BCUT2D eigenvalue weighted by Crippen LogP contribution is -2.32. The molecular weight excluding hydrogens is 522 g/mol. The van der Waals surface area contributed by atoms with E-state index in [0.29, 0.717) is 43.2 Å². The molecule has 0 amide bonds. The number of carbonyl (C=O) groups is 1. The summed E-state index contributed by atoms with van der Waals surface area (Å²) in [4.78, 5) is 21.0. The third kappa shape index (κ3) is 4.75. The number of aromatic nitrogens is 3. The van der Waals surface area contributed by atoms with Crippen LogP contribution in [0.5, 0.6) is 11.5 Å². The van der Waals surface area contributed by atoms with Crippen molar-refractivity contribution in [2.45, 2.75) is 57.6 Å². The fraction of sp³-hybridized carbons (Fsp3) is 0.344. The first-order valence-electron chi connectivity index (χ1n) is 14.0. The van der Waals surface area contributed by atoms with E-state index in [1.807, 2.05) is 50.4 Å². The van der Waals surface area contributed by atoms with Crippen molar-refractivity contribution in [1.29, 1.82) is 0 Å². The van der Waals surface area contributed by atoms with Crippen molar-refractivity contribution in [3.63, 3.8) is 0 Å². The minimum atomic E-state index is -1.01. The number of fused-ring (bicyclic) bond motifs is 2. The van der Waals surface area contributed by atoms with Crippen LogP contribution in [0.25, 0.3) is 16.6 Å². The first-order valence-corrected chi connectivity index (χ1v) is 14.0. The number of ether oxygens (including phenoxy) is 4. The molecule has 4 aromatic rings. The Morgan fingerprint density at radius 1 is 1.12 bits per heavy atom. The quantitative estimate of drug-likeness (QED) is 0.329. The minimum absolute atomic E-state index is 0.0634. The monoisotopic (exact) mass is 553 g/mol. The average molecular weight is 554 g/mol. The number of aromatic carboxylic acids is 1. The number of para-hydroxylation sites is 1. The molecule has 1 N–H and O–H groups in total. The third-order valence-electron chi connectivity index (χ3n) is 8.07. The van der Waals surface area contributed by atoms with Gasteiger partial charge in [-0.2, -0.15) is 0 Å². The molecule has 9 nitrogen and oxygen atoms in total. The molecule has 210 valence electrons. The van der Waals surface area contributed by atoms with E-state index in [-0.39, 0.29) is 17.8 Å². The lowest BCUT2D eigenvalue weighted by atomic mass is 9.99. The predicted octanol–water partition coefficient (Wildman–Crippen LogP) is 5.29. The van der Waals surface area contributed by atoms with Crippen molar-refractivity contribution in [2.24, 2.45) is 0 Å². The van der Waals surface area contributed by atoms with Gasteiger partial charge in [-0.3, -0.25) is 4.98 Å². The first-order chi connectivity index (χ1) is 19.9. The molecule has 0 saturated carbocycles. The van der Waals surface area contributed by atoms with Crippen molar-refractivity contribution in [2.75, 3.05) is 13.2 Å². The second kappa shape index (κ2) is 10.0. The first kappa shape index (κ1) is 25.7. The van der Waals surface area contributed by atoms with Crippen LogP contribution >= 0.6 is 0 Å². The van der Waals surface area contributed by atoms with Gasteiger partial charge in [0.2, 0.25) is 0 Å². The van der Waals surface area contributed by atoms with Crippen LogP contribution in [-0.2, 0) is 28.2 Å². The van der Waals surface area contributed by atoms with Gasteiger partial charge in [0, 0.05) is 31.7 Å². The number of imidazole rings is 1. The highest BCUT2D eigenvalue weighted by Crippen LogP contribution is 2.48. The molecule has 2 aromatic carbocycles. The number of rotatable bonds is 7. The van der Waals surface area contributed by atoms with Gasteiger partial charge >= 0.3 is 5.97 Å². The summed E-state index contributed by atoms with van der Waals surface area (Å²) in [6.07, 6.45) is 6.37. The van der Waals surface area contributed by atoms with Crippen LogP contribution in [0.4, 0.5) is 0 Å². The van der Waals surface area contributed by atoms with Crippen LogP contribution < -0.4 is 9.47 Å². The number of nitrogens with zero attached hydrogens (tertiary/aromatic N) is 3. The Morgan fingerprint density at radius 3 is 2.71 bits per heavy atom. The second-order valence-corrected chi connectivity index (χ2v) is 11.0. The highest BCUT2D eigenvalue weighted by Gasteiger charge is 2.41. The topological polar surface area (TPSA) is 105 Å². The standard InChI is InChI=1S/C32H31N3O6/c1-19-6-11-28(33-16-19)32(2)40-27-5-3-4-24(30(27)41-32)21-7-9-22(39-18-21)15-29-34-25-10-8-20(31(36)37)14-26(25)35(29)17-23-12-13-38-23/h3-8,10-11,14,16,22-23H,9,12-13,15,17-18H2,1-2H3,(H,36,37)/t22?,23-,32+/m0/s1. The van der Waals surface area contributed by atoms with E-state index in [4.69, 9.17) is 23.9 Å². The molecule has 3 aliphatic heterocycles. The van der Waals surface area contributed by atoms with Gasteiger partial charge in [-0.05, 0) is 61.2 Å². The van der Waals surface area contributed by atoms with Gasteiger partial charge in [0.1, 0.15) is 11.5 Å². The van der Waals surface area contributed by atoms with Gasteiger partial charge in [-0.15, -0.1) is 0 Å². The van der Waals surface area contributed by atoms with Crippen LogP contribution in [0.1, 0.15) is 52.8 Å². The highest BCUT2D eigenvalue weighted by atomic mass is 16.7. The van der Waals surface area contributed by atoms with E-state index >= 15 is 0 Å². The zero-order valence-electron chi connectivity index (χ0n) is 23.0. The van der Waals surface area contributed by atoms with Crippen molar-refractivity contribution in [3.05, 3.63) is 89.0 Å². The maximum Gasteiger partial charge on any atom is 0.335 e. The largest absolute Gasteiger partial charge is 0.478 e. The predicted molar refractivity (Wildman–Crippen MR) is 151 cm³/mol. The molecule has 3 aliphatic rings. The lowest BCUT2D eigenvalue weighted by Gasteiger charge is -2.28. The molecule has 0 aliphatic carbocycles. The summed E-state index contributed by atoms with van der Waals surface area (Å²) in [6.45, 7) is 5.71. The van der Waals surface area contributed by atoms with E-state index in [2.05, 4.69) is 15.6 Å². The fourth-order valence-electron chi connectivity index (χ4n) is 5.66. The summed E-state index contributed by atoms with van der Waals surface area (Å²) in [5.74, 6) is 0.296. The molecule has 7 rings (SSSR count). The third-order valence-corrected chi connectivity index (χ3v) is 8.07. The van der Waals surface area contributed by atoms with E-state index in [1.165, 1.54) is 0 Å². The Balaban J connectivity index is 1.11. The van der Waals surface area contributed by atoms with E-state index in [9.17, 15) is 9.90 Å².